The van der Waals surface area contributed by atoms with Gasteiger partial charge in [-0.2, -0.15) is 0 Å². The molecular weight excluding hydrogens is 252 g/mol. The summed E-state index contributed by atoms with van der Waals surface area (Å²) in [6.45, 7) is 7.41. The van der Waals surface area contributed by atoms with E-state index in [4.69, 9.17) is 4.74 Å². The van der Waals surface area contributed by atoms with Crippen LogP contribution < -0.4 is 15.0 Å². The average Bonchev–Trinajstić information content (AvgIpc) is 2.49. The molecule has 1 aromatic rings. The van der Waals surface area contributed by atoms with Crippen LogP contribution in [-0.4, -0.2) is 38.5 Å². The van der Waals surface area contributed by atoms with Crippen LogP contribution in [-0.2, 0) is 0 Å². The van der Waals surface area contributed by atoms with E-state index in [2.05, 4.69) is 30.1 Å². The predicted octanol–water partition coefficient (Wildman–Crippen LogP) is 2.57. The maximum absolute atomic E-state index is 9.38. The molecular formula is C16H28N2O2. The van der Waals surface area contributed by atoms with E-state index in [0.717, 1.165) is 30.0 Å². The lowest BCUT2D eigenvalue weighted by Crippen LogP contribution is -2.33. The van der Waals surface area contributed by atoms with Gasteiger partial charge in [0.2, 0.25) is 0 Å². The normalized spacial score (nSPS) is 13.9. The summed E-state index contributed by atoms with van der Waals surface area (Å²) in [7, 11) is 3.70. The quantitative estimate of drug-likeness (QED) is 0.768. The maximum atomic E-state index is 9.38. The van der Waals surface area contributed by atoms with Crippen LogP contribution in [0.5, 0.6) is 5.75 Å². The highest BCUT2D eigenvalue weighted by Crippen LogP contribution is 2.34. The molecule has 0 aliphatic heterocycles. The van der Waals surface area contributed by atoms with E-state index in [9.17, 15) is 5.11 Å². The van der Waals surface area contributed by atoms with Crippen molar-refractivity contribution in [1.29, 1.82) is 0 Å². The minimum atomic E-state index is 0.0687. The molecule has 0 saturated carbocycles. The highest BCUT2D eigenvalue weighted by atomic mass is 16.5. The number of nitrogens with one attached hydrogen (secondary N) is 1. The van der Waals surface area contributed by atoms with Gasteiger partial charge in [0.05, 0.1) is 13.7 Å². The van der Waals surface area contributed by atoms with Crippen LogP contribution in [0.3, 0.4) is 0 Å². The van der Waals surface area contributed by atoms with E-state index in [1.807, 2.05) is 26.1 Å². The number of aliphatic hydroxyl groups is 1. The molecule has 2 N–H and O–H groups in total. The first-order chi connectivity index (χ1) is 9.56. The first-order valence-electron chi connectivity index (χ1n) is 7.30. The lowest BCUT2D eigenvalue weighted by molar-refractivity contribution is 0.270. The van der Waals surface area contributed by atoms with Gasteiger partial charge in [0.15, 0.2) is 0 Å². The molecule has 2 atom stereocenters. The molecule has 0 saturated heterocycles. The summed E-state index contributed by atoms with van der Waals surface area (Å²) in [5.41, 5.74) is 2.24. The second kappa shape index (κ2) is 8.12. The SMILES string of the molecule is CCCNC(C)c1c(OC)cccc1N(C)C(C)CO. The molecule has 4 heteroatoms. The zero-order chi connectivity index (χ0) is 15.1. The van der Waals surface area contributed by atoms with Crippen LogP contribution in [0, 0.1) is 0 Å². The molecule has 0 heterocycles. The third-order valence-electron chi connectivity index (χ3n) is 3.70. The fourth-order valence-electron chi connectivity index (χ4n) is 2.28. The van der Waals surface area contributed by atoms with Crippen LogP contribution in [0.4, 0.5) is 5.69 Å². The molecule has 0 aliphatic carbocycles. The molecule has 0 fully saturated rings. The first-order valence-corrected chi connectivity index (χ1v) is 7.30. The highest BCUT2D eigenvalue weighted by Gasteiger charge is 2.20. The van der Waals surface area contributed by atoms with E-state index in [-0.39, 0.29) is 18.7 Å². The Morgan fingerprint density at radius 2 is 2.05 bits per heavy atom. The third-order valence-corrected chi connectivity index (χ3v) is 3.70. The zero-order valence-electron chi connectivity index (χ0n) is 13.3. The second-order valence-corrected chi connectivity index (χ2v) is 5.21. The molecule has 0 aromatic heterocycles. The van der Waals surface area contributed by atoms with Crippen molar-refractivity contribution >= 4 is 5.69 Å². The lowest BCUT2D eigenvalue weighted by Gasteiger charge is -2.30. The number of rotatable bonds is 8. The molecule has 0 spiro atoms. The molecule has 1 aromatic carbocycles. The van der Waals surface area contributed by atoms with E-state index in [1.165, 1.54) is 0 Å². The van der Waals surface area contributed by atoms with E-state index >= 15 is 0 Å². The summed E-state index contributed by atoms with van der Waals surface area (Å²) < 4.78 is 5.52. The molecule has 0 bridgehead atoms. The van der Waals surface area contributed by atoms with Crippen molar-refractivity contribution in [3.05, 3.63) is 23.8 Å². The minimum absolute atomic E-state index is 0.0687. The van der Waals surface area contributed by atoms with Gasteiger partial charge in [-0.1, -0.05) is 13.0 Å². The Morgan fingerprint density at radius 3 is 2.60 bits per heavy atom. The van der Waals surface area contributed by atoms with Gasteiger partial charge >= 0.3 is 0 Å². The number of anilines is 1. The fraction of sp³-hybridized carbons (Fsp3) is 0.625. The molecule has 114 valence electrons. The smallest absolute Gasteiger partial charge is 0.125 e. The van der Waals surface area contributed by atoms with Gasteiger partial charge in [-0.05, 0) is 38.9 Å². The van der Waals surface area contributed by atoms with Crippen LogP contribution in [0.2, 0.25) is 0 Å². The largest absolute Gasteiger partial charge is 0.496 e. The number of aliphatic hydroxyl groups excluding tert-OH is 1. The van der Waals surface area contributed by atoms with Crippen molar-refractivity contribution in [1.82, 2.24) is 5.32 Å². The molecule has 4 nitrogen and oxygen atoms in total. The number of benzene rings is 1. The van der Waals surface area contributed by atoms with E-state index in [1.54, 1.807) is 7.11 Å². The first kappa shape index (κ1) is 16.8. The Kier molecular flexibility index (Phi) is 6.82. The number of methoxy groups -OCH3 is 1. The van der Waals surface area contributed by atoms with Crippen molar-refractivity contribution in [2.24, 2.45) is 0 Å². The van der Waals surface area contributed by atoms with Crippen molar-refractivity contribution < 1.29 is 9.84 Å². The van der Waals surface area contributed by atoms with Gasteiger partial charge in [-0.25, -0.2) is 0 Å². The van der Waals surface area contributed by atoms with Gasteiger partial charge < -0.3 is 20.1 Å². The van der Waals surface area contributed by atoms with Crippen molar-refractivity contribution in [3.8, 4) is 5.75 Å². The van der Waals surface area contributed by atoms with E-state index in [0.29, 0.717) is 0 Å². The molecule has 20 heavy (non-hydrogen) atoms. The molecule has 0 amide bonds. The fourth-order valence-corrected chi connectivity index (χ4v) is 2.28. The number of hydrogen-bond donors (Lipinski definition) is 2. The summed E-state index contributed by atoms with van der Waals surface area (Å²) in [5, 5.41) is 12.9. The van der Waals surface area contributed by atoms with E-state index < -0.39 is 0 Å². The van der Waals surface area contributed by atoms with Crippen LogP contribution in [0.1, 0.15) is 38.8 Å². The second-order valence-electron chi connectivity index (χ2n) is 5.21. The molecule has 2 unspecified atom stereocenters. The summed E-state index contributed by atoms with van der Waals surface area (Å²) in [6, 6.07) is 6.33. The topological polar surface area (TPSA) is 44.7 Å². The van der Waals surface area contributed by atoms with Crippen LogP contribution in [0.15, 0.2) is 18.2 Å². The number of hydrogen-bond acceptors (Lipinski definition) is 4. The maximum Gasteiger partial charge on any atom is 0.125 e. The summed E-state index contributed by atoms with van der Waals surface area (Å²) >= 11 is 0. The number of ether oxygens (including phenoxy) is 1. The zero-order valence-corrected chi connectivity index (χ0v) is 13.3. The lowest BCUT2D eigenvalue weighted by atomic mass is 10.0. The van der Waals surface area contributed by atoms with Crippen molar-refractivity contribution in [3.63, 3.8) is 0 Å². The summed E-state index contributed by atoms with van der Waals surface area (Å²) in [5.74, 6) is 0.885. The van der Waals surface area contributed by atoms with Gasteiger partial charge in [0.25, 0.3) is 0 Å². The predicted molar refractivity (Wildman–Crippen MR) is 84.7 cm³/mol. The molecule has 0 radical (unpaired) electrons. The van der Waals surface area contributed by atoms with Crippen molar-refractivity contribution in [2.75, 3.05) is 32.2 Å². The number of likely N-dealkylation sites (N-methyl/N-ethyl adjacent to an activating group) is 1. The Labute approximate surface area is 122 Å². The van der Waals surface area contributed by atoms with Crippen molar-refractivity contribution in [2.45, 2.75) is 39.3 Å². The Hall–Kier alpha value is -1.26. The summed E-state index contributed by atoms with van der Waals surface area (Å²) in [4.78, 5) is 2.10. The van der Waals surface area contributed by atoms with Crippen LogP contribution in [0.25, 0.3) is 0 Å². The molecule has 0 aliphatic rings. The van der Waals surface area contributed by atoms with Gasteiger partial charge in [-0.3, -0.25) is 0 Å². The highest BCUT2D eigenvalue weighted by molar-refractivity contribution is 5.61. The molecule has 1 rings (SSSR count). The van der Waals surface area contributed by atoms with Crippen LogP contribution >= 0.6 is 0 Å². The third kappa shape index (κ3) is 3.87. The van der Waals surface area contributed by atoms with Gasteiger partial charge in [0.1, 0.15) is 5.75 Å². The monoisotopic (exact) mass is 280 g/mol. The van der Waals surface area contributed by atoms with Gasteiger partial charge in [0, 0.05) is 30.4 Å². The number of nitrogens with zero attached hydrogens (tertiary/aromatic N) is 1. The standard InChI is InChI=1S/C16H28N2O2/c1-6-10-17-13(3)16-14(18(4)12(2)11-19)8-7-9-15(16)20-5/h7-9,12-13,17,19H,6,10-11H2,1-5H3. The average molecular weight is 280 g/mol. The van der Waals surface area contributed by atoms with Gasteiger partial charge in [-0.15, -0.1) is 0 Å². The summed E-state index contributed by atoms with van der Waals surface area (Å²) in [6.07, 6.45) is 1.09. The Balaban J connectivity index is 3.16. The Morgan fingerprint density at radius 1 is 1.35 bits per heavy atom. The Bertz CT molecular complexity index is 409. The minimum Gasteiger partial charge on any atom is -0.496 e.